The maximum absolute atomic E-state index is 5.49. The van der Waals surface area contributed by atoms with E-state index in [9.17, 15) is 0 Å². The summed E-state index contributed by atoms with van der Waals surface area (Å²) in [5.41, 5.74) is 1.18. The Bertz CT molecular complexity index is 415. The molecule has 0 spiro atoms. The maximum Gasteiger partial charge on any atom is 0.133 e. The van der Waals surface area contributed by atoms with E-state index >= 15 is 0 Å². The molecule has 1 fully saturated rings. The zero-order chi connectivity index (χ0) is 13.1. The number of hydrogen-bond donors (Lipinski definition) is 0. The van der Waals surface area contributed by atoms with Crippen LogP contribution in [0.4, 0.5) is 0 Å². The Balaban J connectivity index is 2.34. The first-order chi connectivity index (χ1) is 8.67. The third-order valence-corrected chi connectivity index (χ3v) is 5.48. The van der Waals surface area contributed by atoms with Crippen LogP contribution in [0.3, 0.4) is 0 Å². The van der Waals surface area contributed by atoms with Crippen molar-refractivity contribution in [1.82, 2.24) is 0 Å². The molecule has 1 aliphatic carbocycles. The lowest BCUT2D eigenvalue weighted by Crippen LogP contribution is -2.05. The zero-order valence-electron chi connectivity index (χ0n) is 10.7. The van der Waals surface area contributed by atoms with Gasteiger partial charge in [0.05, 0.1) is 18.7 Å². The summed E-state index contributed by atoms with van der Waals surface area (Å²) in [6, 6.07) is 4.05. The second kappa shape index (κ2) is 6.29. The molecule has 0 bridgehead atoms. The lowest BCUT2D eigenvalue weighted by molar-refractivity contribution is 0.392. The van der Waals surface area contributed by atoms with Gasteiger partial charge in [-0.15, -0.1) is 0 Å². The van der Waals surface area contributed by atoms with Gasteiger partial charge >= 0.3 is 0 Å². The van der Waals surface area contributed by atoms with Crippen LogP contribution in [0.2, 0.25) is 0 Å². The Labute approximate surface area is 125 Å². The van der Waals surface area contributed by atoms with Crippen molar-refractivity contribution < 1.29 is 9.47 Å². The zero-order valence-corrected chi connectivity index (χ0v) is 13.9. The summed E-state index contributed by atoms with van der Waals surface area (Å²) in [7, 11) is 3.40. The molecule has 0 aromatic heterocycles. The van der Waals surface area contributed by atoms with Crippen molar-refractivity contribution >= 4 is 31.9 Å². The molecular weight excluding hydrogens is 360 g/mol. The number of methoxy groups -OCH3 is 2. The Kier molecular flexibility index (Phi) is 4.96. The minimum absolute atomic E-state index is 0.344. The van der Waals surface area contributed by atoms with Gasteiger partial charge in [-0.05, 0) is 46.8 Å². The van der Waals surface area contributed by atoms with Crippen molar-refractivity contribution in [1.29, 1.82) is 0 Å². The highest BCUT2D eigenvalue weighted by atomic mass is 79.9. The van der Waals surface area contributed by atoms with E-state index in [4.69, 9.17) is 9.47 Å². The first-order valence-corrected chi connectivity index (χ1v) is 7.93. The van der Waals surface area contributed by atoms with Crippen LogP contribution in [0.1, 0.15) is 36.1 Å². The van der Waals surface area contributed by atoms with E-state index in [1.54, 1.807) is 14.2 Å². The summed E-state index contributed by atoms with van der Waals surface area (Å²) in [4.78, 5) is 0.344. The largest absolute Gasteiger partial charge is 0.496 e. The van der Waals surface area contributed by atoms with Gasteiger partial charge in [0.1, 0.15) is 11.5 Å². The highest BCUT2D eigenvalue weighted by molar-refractivity contribution is 9.10. The average molecular weight is 378 g/mol. The fourth-order valence-corrected chi connectivity index (χ4v) is 3.97. The summed E-state index contributed by atoms with van der Waals surface area (Å²) in [5.74, 6) is 2.47. The quantitative estimate of drug-likeness (QED) is 0.680. The van der Waals surface area contributed by atoms with Crippen LogP contribution in [-0.4, -0.2) is 14.2 Å². The summed E-state index contributed by atoms with van der Waals surface area (Å²) in [6.45, 7) is 0. The van der Waals surface area contributed by atoms with Crippen LogP contribution >= 0.6 is 31.9 Å². The van der Waals surface area contributed by atoms with Crippen LogP contribution in [-0.2, 0) is 0 Å². The number of alkyl halides is 1. The van der Waals surface area contributed by atoms with Crippen molar-refractivity contribution in [3.8, 4) is 11.5 Å². The molecule has 0 radical (unpaired) electrons. The number of halogens is 2. The van der Waals surface area contributed by atoms with E-state index < -0.39 is 0 Å². The van der Waals surface area contributed by atoms with Gasteiger partial charge in [-0.25, -0.2) is 0 Å². The SMILES string of the molecule is COc1cc(C(Br)C2CCCC2)c(OC)cc1Br. The Morgan fingerprint density at radius 2 is 1.72 bits per heavy atom. The number of hydrogen-bond acceptors (Lipinski definition) is 2. The molecule has 100 valence electrons. The van der Waals surface area contributed by atoms with E-state index in [-0.39, 0.29) is 0 Å². The summed E-state index contributed by atoms with van der Waals surface area (Å²) in [5, 5.41) is 0. The highest BCUT2D eigenvalue weighted by Crippen LogP contribution is 2.46. The van der Waals surface area contributed by atoms with Crippen molar-refractivity contribution in [3.63, 3.8) is 0 Å². The first-order valence-electron chi connectivity index (χ1n) is 6.23. The molecule has 4 heteroatoms. The van der Waals surface area contributed by atoms with Gasteiger partial charge in [0.2, 0.25) is 0 Å². The predicted molar refractivity (Wildman–Crippen MR) is 80.9 cm³/mol. The van der Waals surface area contributed by atoms with Gasteiger partial charge < -0.3 is 9.47 Å². The summed E-state index contributed by atoms with van der Waals surface area (Å²) >= 11 is 7.34. The third-order valence-electron chi connectivity index (χ3n) is 3.61. The summed E-state index contributed by atoms with van der Waals surface area (Å²) < 4.78 is 11.8. The molecule has 1 aliphatic rings. The van der Waals surface area contributed by atoms with E-state index in [1.165, 1.54) is 31.2 Å². The minimum Gasteiger partial charge on any atom is -0.496 e. The van der Waals surface area contributed by atoms with Crippen molar-refractivity contribution in [2.24, 2.45) is 5.92 Å². The molecule has 1 aromatic carbocycles. The minimum atomic E-state index is 0.344. The molecular formula is C14H18Br2O2. The van der Waals surface area contributed by atoms with Gasteiger partial charge in [0, 0.05) is 10.4 Å². The van der Waals surface area contributed by atoms with Crippen LogP contribution in [0.15, 0.2) is 16.6 Å². The van der Waals surface area contributed by atoms with E-state index in [2.05, 4.69) is 37.9 Å². The molecule has 2 rings (SSSR count). The summed E-state index contributed by atoms with van der Waals surface area (Å²) in [6.07, 6.45) is 5.25. The fourth-order valence-electron chi connectivity index (χ4n) is 2.60. The van der Waals surface area contributed by atoms with Crippen molar-refractivity contribution in [2.75, 3.05) is 14.2 Å². The lowest BCUT2D eigenvalue weighted by Gasteiger charge is -2.21. The molecule has 1 aromatic rings. The number of rotatable bonds is 4. The molecule has 0 aliphatic heterocycles. The average Bonchev–Trinajstić information content (AvgIpc) is 2.91. The normalized spacial score (nSPS) is 17.8. The molecule has 0 saturated heterocycles. The Morgan fingerprint density at radius 3 is 2.28 bits per heavy atom. The molecule has 1 saturated carbocycles. The molecule has 18 heavy (non-hydrogen) atoms. The van der Waals surface area contributed by atoms with E-state index in [0.717, 1.165) is 16.0 Å². The smallest absolute Gasteiger partial charge is 0.133 e. The third kappa shape index (κ3) is 2.85. The molecule has 0 amide bonds. The van der Waals surface area contributed by atoms with Crippen LogP contribution < -0.4 is 9.47 Å². The molecule has 0 heterocycles. The van der Waals surface area contributed by atoms with E-state index in [0.29, 0.717) is 10.7 Å². The molecule has 1 unspecified atom stereocenters. The molecule has 0 N–H and O–H groups in total. The maximum atomic E-state index is 5.49. The van der Waals surface area contributed by atoms with Crippen LogP contribution in [0, 0.1) is 5.92 Å². The topological polar surface area (TPSA) is 18.5 Å². The molecule has 2 nitrogen and oxygen atoms in total. The van der Waals surface area contributed by atoms with Gasteiger partial charge in [0.15, 0.2) is 0 Å². The lowest BCUT2D eigenvalue weighted by atomic mass is 9.97. The Morgan fingerprint density at radius 1 is 1.11 bits per heavy atom. The highest BCUT2D eigenvalue weighted by Gasteiger charge is 2.27. The van der Waals surface area contributed by atoms with Crippen LogP contribution in [0.25, 0.3) is 0 Å². The monoisotopic (exact) mass is 376 g/mol. The van der Waals surface area contributed by atoms with E-state index in [1.807, 2.05) is 6.07 Å². The fraction of sp³-hybridized carbons (Fsp3) is 0.571. The van der Waals surface area contributed by atoms with Gasteiger partial charge in [-0.3, -0.25) is 0 Å². The van der Waals surface area contributed by atoms with Crippen LogP contribution in [0.5, 0.6) is 11.5 Å². The second-order valence-electron chi connectivity index (χ2n) is 4.68. The van der Waals surface area contributed by atoms with Crippen molar-refractivity contribution in [2.45, 2.75) is 30.5 Å². The number of benzene rings is 1. The van der Waals surface area contributed by atoms with Gasteiger partial charge in [0.25, 0.3) is 0 Å². The molecule has 1 atom stereocenters. The second-order valence-corrected chi connectivity index (χ2v) is 6.52. The van der Waals surface area contributed by atoms with Gasteiger partial charge in [-0.1, -0.05) is 28.8 Å². The van der Waals surface area contributed by atoms with Gasteiger partial charge in [-0.2, -0.15) is 0 Å². The number of ether oxygens (including phenoxy) is 2. The standard InChI is InChI=1S/C14H18Br2O2/c1-17-12-8-11(15)13(18-2)7-10(12)14(16)9-5-3-4-6-9/h7-9,14H,3-6H2,1-2H3. The Hall–Kier alpha value is -0.220. The van der Waals surface area contributed by atoms with Crippen molar-refractivity contribution in [3.05, 3.63) is 22.2 Å². The first kappa shape index (κ1) is 14.2. The predicted octanol–water partition coefficient (Wildman–Crippen LogP) is 5.09.